The van der Waals surface area contributed by atoms with Crippen LogP contribution in [0.3, 0.4) is 0 Å². The summed E-state index contributed by atoms with van der Waals surface area (Å²) in [6.07, 6.45) is 1.25. The third-order valence-electron chi connectivity index (χ3n) is 2.61. The van der Waals surface area contributed by atoms with E-state index in [-0.39, 0.29) is 18.3 Å². The number of carbonyl (C=O) groups is 1. The maximum Gasteiger partial charge on any atom is 0.360 e. The van der Waals surface area contributed by atoms with Crippen LogP contribution in [0.25, 0.3) is 0 Å². The van der Waals surface area contributed by atoms with Crippen molar-refractivity contribution in [2.24, 2.45) is 0 Å². The predicted molar refractivity (Wildman–Crippen MR) is 72.2 cm³/mol. The lowest BCUT2D eigenvalue weighted by molar-refractivity contribution is 0.0519. The van der Waals surface area contributed by atoms with Crippen molar-refractivity contribution in [2.75, 3.05) is 11.9 Å². The molecule has 2 N–H and O–H groups in total. The number of aliphatic hydroxyl groups excluding tert-OH is 1. The zero-order valence-electron chi connectivity index (χ0n) is 11.1. The van der Waals surface area contributed by atoms with Gasteiger partial charge < -0.3 is 19.6 Å². The molecule has 0 bridgehead atoms. The van der Waals surface area contributed by atoms with Crippen LogP contribution in [0.1, 0.15) is 28.5 Å². The number of hydrogen-bond acceptors (Lipinski definition) is 6. The minimum absolute atomic E-state index is 0.000150. The van der Waals surface area contributed by atoms with Crippen LogP contribution in [0.2, 0.25) is 0 Å². The summed E-state index contributed by atoms with van der Waals surface area (Å²) in [6, 6.07) is 7.75. The maximum absolute atomic E-state index is 11.4. The lowest BCUT2D eigenvalue weighted by Gasteiger charge is -2.03. The number of anilines is 1. The summed E-state index contributed by atoms with van der Waals surface area (Å²) >= 11 is 0. The van der Waals surface area contributed by atoms with Gasteiger partial charge in [0, 0.05) is 6.54 Å². The lowest BCUT2D eigenvalue weighted by atomic mass is 10.1. The molecule has 0 aliphatic rings. The molecule has 106 valence electrons. The monoisotopic (exact) mass is 276 g/mol. The van der Waals surface area contributed by atoms with Gasteiger partial charge in [0.25, 0.3) is 6.01 Å². The van der Waals surface area contributed by atoms with Crippen molar-refractivity contribution in [3.8, 4) is 0 Å². The van der Waals surface area contributed by atoms with Crippen molar-refractivity contribution in [3.05, 3.63) is 47.3 Å². The van der Waals surface area contributed by atoms with Crippen LogP contribution in [-0.2, 0) is 17.9 Å². The number of hydrogen-bond donors (Lipinski definition) is 2. The molecule has 1 aromatic carbocycles. The molecule has 6 heteroatoms. The first kappa shape index (κ1) is 14.1. The summed E-state index contributed by atoms with van der Waals surface area (Å²) in [4.78, 5) is 15.4. The van der Waals surface area contributed by atoms with Gasteiger partial charge in [-0.25, -0.2) is 4.79 Å². The van der Waals surface area contributed by atoms with E-state index in [1.807, 2.05) is 24.3 Å². The summed E-state index contributed by atoms with van der Waals surface area (Å²) in [6.45, 7) is 2.50. The molecular formula is C14H16N2O4. The summed E-state index contributed by atoms with van der Waals surface area (Å²) in [5.74, 6) is -0.508. The standard InChI is InChI=1S/C14H16N2O4/c1-2-19-13(18)12-9-20-14(16-12)15-7-10-4-3-5-11(6-10)8-17/h3-6,9,17H,2,7-8H2,1H3,(H,15,16). The van der Waals surface area contributed by atoms with Gasteiger partial charge in [0.15, 0.2) is 5.69 Å². The Morgan fingerprint density at radius 1 is 1.45 bits per heavy atom. The van der Waals surface area contributed by atoms with Crippen LogP contribution in [0.5, 0.6) is 0 Å². The molecule has 0 aliphatic carbocycles. The van der Waals surface area contributed by atoms with Gasteiger partial charge in [0.05, 0.1) is 13.2 Å². The third-order valence-corrected chi connectivity index (χ3v) is 2.61. The van der Waals surface area contributed by atoms with E-state index >= 15 is 0 Å². The maximum atomic E-state index is 11.4. The molecule has 0 unspecified atom stereocenters. The molecule has 1 aromatic heterocycles. The van der Waals surface area contributed by atoms with Crippen LogP contribution in [0, 0.1) is 0 Å². The molecule has 0 aliphatic heterocycles. The molecule has 0 saturated heterocycles. The fraction of sp³-hybridized carbons (Fsp3) is 0.286. The molecule has 0 atom stereocenters. The number of nitrogens with one attached hydrogen (secondary N) is 1. The van der Waals surface area contributed by atoms with E-state index in [1.54, 1.807) is 6.92 Å². The molecule has 2 rings (SSSR count). The zero-order chi connectivity index (χ0) is 14.4. The number of ether oxygens (including phenoxy) is 1. The number of carbonyl (C=O) groups excluding carboxylic acids is 1. The molecular weight excluding hydrogens is 260 g/mol. The van der Waals surface area contributed by atoms with Gasteiger partial charge in [-0.2, -0.15) is 4.98 Å². The highest BCUT2D eigenvalue weighted by molar-refractivity contribution is 5.87. The zero-order valence-corrected chi connectivity index (χ0v) is 11.1. The van der Waals surface area contributed by atoms with Crippen LogP contribution in [0.15, 0.2) is 34.9 Å². The van der Waals surface area contributed by atoms with E-state index < -0.39 is 5.97 Å². The third kappa shape index (κ3) is 3.58. The normalized spacial score (nSPS) is 10.3. The van der Waals surface area contributed by atoms with Gasteiger partial charge in [0.1, 0.15) is 6.26 Å². The average molecular weight is 276 g/mol. The molecule has 0 radical (unpaired) electrons. The van der Waals surface area contributed by atoms with E-state index in [0.717, 1.165) is 11.1 Å². The molecule has 20 heavy (non-hydrogen) atoms. The summed E-state index contributed by atoms with van der Waals surface area (Å²) in [5.41, 5.74) is 1.95. The summed E-state index contributed by atoms with van der Waals surface area (Å²) in [5, 5.41) is 12.0. The van der Waals surface area contributed by atoms with Crippen molar-refractivity contribution < 1.29 is 19.1 Å². The topological polar surface area (TPSA) is 84.6 Å². The van der Waals surface area contributed by atoms with E-state index in [1.165, 1.54) is 6.26 Å². The van der Waals surface area contributed by atoms with Crippen LogP contribution >= 0.6 is 0 Å². The van der Waals surface area contributed by atoms with Crippen molar-refractivity contribution in [2.45, 2.75) is 20.1 Å². The van der Waals surface area contributed by atoms with Crippen LogP contribution < -0.4 is 5.32 Å². The molecule has 0 fully saturated rings. The highest BCUT2D eigenvalue weighted by Crippen LogP contribution is 2.11. The number of rotatable bonds is 6. The Bertz CT molecular complexity index is 580. The number of esters is 1. The second-order valence-electron chi connectivity index (χ2n) is 4.09. The molecule has 6 nitrogen and oxygen atoms in total. The largest absolute Gasteiger partial charge is 0.461 e. The van der Waals surface area contributed by atoms with E-state index in [2.05, 4.69) is 10.3 Å². The Labute approximate surface area is 116 Å². The molecule has 0 saturated carbocycles. The smallest absolute Gasteiger partial charge is 0.360 e. The van der Waals surface area contributed by atoms with Crippen molar-refractivity contribution in [1.82, 2.24) is 4.98 Å². The highest BCUT2D eigenvalue weighted by atomic mass is 16.5. The van der Waals surface area contributed by atoms with Gasteiger partial charge in [-0.05, 0) is 18.1 Å². The fourth-order valence-corrected chi connectivity index (χ4v) is 1.67. The SMILES string of the molecule is CCOC(=O)c1coc(NCc2cccc(CO)c2)n1. The van der Waals surface area contributed by atoms with Crippen molar-refractivity contribution >= 4 is 12.0 Å². The Hall–Kier alpha value is -2.34. The number of aromatic nitrogens is 1. The van der Waals surface area contributed by atoms with Gasteiger partial charge in [-0.15, -0.1) is 0 Å². The number of nitrogens with zero attached hydrogens (tertiary/aromatic N) is 1. The number of aliphatic hydroxyl groups is 1. The molecule has 0 spiro atoms. The Morgan fingerprint density at radius 2 is 2.25 bits per heavy atom. The number of oxazole rings is 1. The summed E-state index contributed by atoms with van der Waals surface area (Å²) in [7, 11) is 0. The fourth-order valence-electron chi connectivity index (χ4n) is 1.67. The Kier molecular flexibility index (Phi) is 4.73. The first-order valence-electron chi connectivity index (χ1n) is 6.28. The number of benzene rings is 1. The van der Waals surface area contributed by atoms with Gasteiger partial charge in [-0.1, -0.05) is 24.3 Å². The minimum atomic E-state index is -0.508. The van der Waals surface area contributed by atoms with Gasteiger partial charge in [0.2, 0.25) is 0 Å². The Balaban J connectivity index is 1.95. The molecule has 2 aromatic rings. The molecule has 1 heterocycles. The van der Waals surface area contributed by atoms with E-state index in [4.69, 9.17) is 14.3 Å². The second kappa shape index (κ2) is 6.72. The van der Waals surface area contributed by atoms with Crippen molar-refractivity contribution in [3.63, 3.8) is 0 Å². The van der Waals surface area contributed by atoms with Crippen molar-refractivity contribution in [1.29, 1.82) is 0 Å². The van der Waals surface area contributed by atoms with E-state index in [0.29, 0.717) is 13.2 Å². The Morgan fingerprint density at radius 3 is 3.00 bits per heavy atom. The predicted octanol–water partition coefficient (Wildman–Crippen LogP) is 1.96. The first-order chi connectivity index (χ1) is 9.72. The summed E-state index contributed by atoms with van der Waals surface area (Å²) < 4.78 is 9.96. The van der Waals surface area contributed by atoms with Gasteiger partial charge >= 0.3 is 5.97 Å². The highest BCUT2D eigenvalue weighted by Gasteiger charge is 2.12. The van der Waals surface area contributed by atoms with Crippen LogP contribution in [-0.4, -0.2) is 22.7 Å². The van der Waals surface area contributed by atoms with E-state index in [9.17, 15) is 4.79 Å². The van der Waals surface area contributed by atoms with Gasteiger partial charge in [-0.3, -0.25) is 0 Å². The second-order valence-corrected chi connectivity index (χ2v) is 4.09. The average Bonchev–Trinajstić information content (AvgIpc) is 2.94. The van der Waals surface area contributed by atoms with Crippen LogP contribution in [0.4, 0.5) is 6.01 Å². The lowest BCUT2D eigenvalue weighted by Crippen LogP contribution is -2.05. The quantitative estimate of drug-likeness (QED) is 0.784. The first-order valence-corrected chi connectivity index (χ1v) is 6.28. The molecule has 0 amide bonds. The minimum Gasteiger partial charge on any atom is -0.461 e.